The highest BCUT2D eigenvalue weighted by Gasteiger charge is 2.42. The number of hydrogen-bond donors (Lipinski definition) is 1. The van der Waals surface area contributed by atoms with Gasteiger partial charge in [-0.25, -0.2) is 4.99 Å². The number of piperidine rings is 1. The molecule has 2 N–H and O–H groups in total. The monoisotopic (exact) mass is 481 g/mol. The number of quaternary nitrogens is 1. The molecule has 0 bridgehead atoms. The normalized spacial score (nSPS) is 24.0. The maximum atomic E-state index is 13.3. The summed E-state index contributed by atoms with van der Waals surface area (Å²) < 4.78 is 46.1. The highest BCUT2D eigenvalue weighted by molar-refractivity contribution is 6.31. The molecule has 2 aromatic rings. The van der Waals surface area contributed by atoms with Crippen LogP contribution < -0.4 is 5.84 Å². The summed E-state index contributed by atoms with van der Waals surface area (Å²) in [6.45, 7) is 1.26. The minimum absolute atomic E-state index is 0.00389. The number of aliphatic imine (C=N–C) groups is 2. The number of aryl methyl sites for hydroxylation is 1. The highest BCUT2D eigenvalue weighted by atomic mass is 35.5. The fraction of sp³-hybridized carbons (Fsp3) is 0.400. The lowest BCUT2D eigenvalue weighted by molar-refractivity contribution is -0.803. The van der Waals surface area contributed by atoms with E-state index < -0.39 is 11.9 Å². The third-order valence-electron chi connectivity index (χ3n) is 5.97. The van der Waals surface area contributed by atoms with Crippen molar-refractivity contribution in [3.05, 3.63) is 52.5 Å². The molecule has 0 aliphatic carbocycles. The Hall–Kier alpha value is -2.80. The van der Waals surface area contributed by atoms with Crippen LogP contribution >= 0.6 is 11.6 Å². The van der Waals surface area contributed by atoms with Crippen molar-refractivity contribution < 1.29 is 22.3 Å². The predicted octanol–water partition coefficient (Wildman–Crippen LogP) is 3.29. The average molecular weight is 482 g/mol. The number of nitrogens with zero attached hydrogens (tertiary/aromatic N) is 7. The molecule has 5 heterocycles. The second kappa shape index (κ2) is 7.90. The summed E-state index contributed by atoms with van der Waals surface area (Å²) in [6, 6.07) is 3.50. The van der Waals surface area contributed by atoms with E-state index >= 15 is 0 Å². The van der Waals surface area contributed by atoms with Gasteiger partial charge in [-0.15, -0.1) is 5.84 Å². The van der Waals surface area contributed by atoms with E-state index in [0.29, 0.717) is 43.4 Å². The highest BCUT2D eigenvalue weighted by Crippen LogP contribution is 2.36. The van der Waals surface area contributed by atoms with Crippen LogP contribution in [0.3, 0.4) is 0 Å². The molecule has 174 valence electrons. The Morgan fingerprint density at radius 1 is 1.30 bits per heavy atom. The van der Waals surface area contributed by atoms with Crippen LogP contribution in [0.2, 0.25) is 5.15 Å². The van der Waals surface area contributed by atoms with E-state index in [1.807, 2.05) is 4.90 Å². The van der Waals surface area contributed by atoms with E-state index in [1.54, 1.807) is 24.5 Å². The summed E-state index contributed by atoms with van der Waals surface area (Å²) in [5.41, 5.74) is -0.141. The summed E-state index contributed by atoms with van der Waals surface area (Å²) in [4.78, 5) is 10.9. The summed E-state index contributed by atoms with van der Waals surface area (Å²) in [6.07, 6.45) is 1.77. The first-order chi connectivity index (χ1) is 15.6. The first-order valence-corrected chi connectivity index (χ1v) is 10.7. The van der Waals surface area contributed by atoms with Crippen molar-refractivity contribution in [1.29, 1.82) is 0 Å². The Kier molecular flexibility index (Phi) is 5.27. The number of rotatable bonds is 4. The van der Waals surface area contributed by atoms with Gasteiger partial charge in [0, 0.05) is 25.1 Å². The van der Waals surface area contributed by atoms with Crippen molar-refractivity contribution in [2.24, 2.45) is 33.9 Å². The number of aromatic nitrogens is 2. The molecule has 1 atom stereocenters. The number of hydrogen-bond acceptors (Lipinski definition) is 7. The van der Waals surface area contributed by atoms with Gasteiger partial charge in [0.1, 0.15) is 17.1 Å². The zero-order valence-corrected chi connectivity index (χ0v) is 18.4. The molecule has 5 rings (SSSR count). The van der Waals surface area contributed by atoms with Gasteiger partial charge in [0.25, 0.3) is 11.7 Å². The van der Waals surface area contributed by atoms with Crippen LogP contribution in [0, 0.1) is 5.92 Å². The summed E-state index contributed by atoms with van der Waals surface area (Å²) >= 11 is 6.10. The molecular formula is C20H21ClF3N8O+. The zero-order valence-electron chi connectivity index (χ0n) is 17.6. The molecule has 0 aromatic carbocycles. The second-order valence-corrected chi connectivity index (χ2v) is 8.57. The number of fused-ring (bicyclic) bond motifs is 1. The van der Waals surface area contributed by atoms with Crippen molar-refractivity contribution in [2.75, 3.05) is 13.1 Å². The second-order valence-electron chi connectivity index (χ2n) is 8.21. The topological polar surface area (TPSA) is 97.3 Å². The number of nitrogens with two attached hydrogens (primary N) is 1. The lowest BCUT2D eigenvalue weighted by Crippen LogP contribution is -2.50. The number of furan rings is 1. The summed E-state index contributed by atoms with van der Waals surface area (Å²) in [5, 5.41) is 8.03. The number of halogens is 4. The van der Waals surface area contributed by atoms with Crippen molar-refractivity contribution in [3.63, 3.8) is 0 Å². The SMILES string of the molecule is Cn1nc(C(F)(F)F)c(CN2CCC(C3=C[N+]4(N)N=C(c5ccco5)N=C4C=N3)CC2)c1Cl. The Morgan fingerprint density at radius 3 is 2.73 bits per heavy atom. The molecule has 1 saturated heterocycles. The molecule has 33 heavy (non-hydrogen) atoms. The lowest BCUT2D eigenvalue weighted by atomic mass is 9.93. The molecule has 9 nitrogen and oxygen atoms in total. The van der Waals surface area contributed by atoms with E-state index in [2.05, 4.69) is 20.2 Å². The molecule has 1 unspecified atom stereocenters. The van der Waals surface area contributed by atoms with Gasteiger partial charge in [0.2, 0.25) is 0 Å². The van der Waals surface area contributed by atoms with Gasteiger partial charge in [-0.05, 0) is 47.9 Å². The first-order valence-electron chi connectivity index (χ1n) is 10.3. The standard InChI is InChI=1S/C20H21ClF3N8O/c1-30-18(21)13(17(28-30)20(22,23)24)10-31-6-4-12(5-7-31)14-11-32(25)16(9-26-14)27-19(29-32)15-3-2-8-33-15/h2-3,8-9,11-12H,4-7,10,25H2,1H3/q+1. The van der Waals surface area contributed by atoms with Gasteiger partial charge < -0.3 is 4.42 Å². The number of allylic oxidation sites excluding steroid dienone is 1. The smallest absolute Gasteiger partial charge is 0.435 e. The van der Waals surface area contributed by atoms with Gasteiger partial charge >= 0.3 is 6.18 Å². The summed E-state index contributed by atoms with van der Waals surface area (Å²) in [5.74, 6) is 7.93. The Bertz CT molecular complexity index is 1190. The van der Waals surface area contributed by atoms with E-state index in [9.17, 15) is 13.2 Å². The van der Waals surface area contributed by atoms with Gasteiger partial charge in [-0.1, -0.05) is 11.6 Å². The molecule has 0 amide bonds. The molecule has 1 fully saturated rings. The first kappa shape index (κ1) is 22.0. The minimum Gasteiger partial charge on any atom is -0.461 e. The Morgan fingerprint density at radius 2 is 2.06 bits per heavy atom. The van der Waals surface area contributed by atoms with Crippen LogP contribution in [0.5, 0.6) is 0 Å². The van der Waals surface area contributed by atoms with Crippen molar-refractivity contribution in [2.45, 2.75) is 25.6 Å². The van der Waals surface area contributed by atoms with Crippen LogP contribution in [0.15, 0.2) is 49.8 Å². The Labute approximate surface area is 191 Å². The van der Waals surface area contributed by atoms with Crippen LogP contribution in [-0.4, -0.2) is 50.4 Å². The molecule has 3 aliphatic heterocycles. The molecule has 0 spiro atoms. The van der Waals surface area contributed by atoms with Gasteiger partial charge in [0.15, 0.2) is 17.7 Å². The molecule has 3 aliphatic rings. The third-order valence-corrected chi connectivity index (χ3v) is 6.45. The number of amidine groups is 2. The minimum atomic E-state index is -4.55. The van der Waals surface area contributed by atoms with Crippen molar-refractivity contribution >= 4 is 29.5 Å². The van der Waals surface area contributed by atoms with Crippen LogP contribution in [0.25, 0.3) is 0 Å². The van der Waals surface area contributed by atoms with E-state index in [4.69, 9.17) is 21.9 Å². The Balaban J connectivity index is 1.28. The fourth-order valence-electron chi connectivity index (χ4n) is 4.25. The quantitative estimate of drug-likeness (QED) is 0.535. The van der Waals surface area contributed by atoms with Gasteiger partial charge in [-0.3, -0.25) is 9.58 Å². The molecular weight excluding hydrogens is 461 g/mol. The number of likely N-dealkylation sites (tertiary alicyclic amines) is 1. The van der Waals surface area contributed by atoms with Crippen molar-refractivity contribution in [3.8, 4) is 0 Å². The van der Waals surface area contributed by atoms with Gasteiger partial charge in [-0.2, -0.15) is 23.3 Å². The van der Waals surface area contributed by atoms with Crippen LogP contribution in [0.4, 0.5) is 13.2 Å². The van der Waals surface area contributed by atoms with Crippen molar-refractivity contribution in [1.82, 2.24) is 14.7 Å². The van der Waals surface area contributed by atoms with Crippen LogP contribution in [0.1, 0.15) is 29.9 Å². The molecule has 2 aromatic heterocycles. The lowest BCUT2D eigenvalue weighted by Gasteiger charge is -2.33. The maximum absolute atomic E-state index is 13.3. The van der Waals surface area contributed by atoms with E-state index in [0.717, 1.165) is 10.4 Å². The summed E-state index contributed by atoms with van der Waals surface area (Å²) in [7, 11) is 1.40. The largest absolute Gasteiger partial charge is 0.461 e. The zero-order chi connectivity index (χ0) is 23.4. The van der Waals surface area contributed by atoms with Gasteiger partial charge in [0.05, 0.1) is 6.26 Å². The molecule has 0 saturated carbocycles. The molecule has 0 radical (unpaired) electrons. The molecule has 13 heteroatoms. The predicted molar refractivity (Wildman–Crippen MR) is 115 cm³/mol. The third kappa shape index (κ3) is 4.03. The van der Waals surface area contributed by atoms with Crippen LogP contribution in [-0.2, 0) is 19.8 Å². The maximum Gasteiger partial charge on any atom is 0.435 e. The number of alkyl halides is 3. The van der Waals surface area contributed by atoms with E-state index in [1.165, 1.54) is 13.3 Å². The fourth-order valence-corrected chi connectivity index (χ4v) is 4.44. The average Bonchev–Trinajstić information content (AvgIpc) is 3.47. The van der Waals surface area contributed by atoms with E-state index in [-0.39, 0.29) is 27.9 Å².